The molecule has 0 saturated carbocycles. The molecule has 4 aliphatic heterocycles. The first-order chi connectivity index (χ1) is 25.4. The van der Waals surface area contributed by atoms with Crippen LogP contribution in [0.2, 0.25) is 0 Å². The molecule has 5 unspecified atom stereocenters. The number of fused-ring (bicyclic) bond motifs is 6. The van der Waals surface area contributed by atoms with Crippen molar-refractivity contribution in [3.05, 3.63) is 130 Å². The summed E-state index contributed by atoms with van der Waals surface area (Å²) in [5, 5.41) is 18.6. The van der Waals surface area contributed by atoms with E-state index in [4.69, 9.17) is 0 Å². The highest BCUT2D eigenvalue weighted by molar-refractivity contribution is 5.88. The minimum absolute atomic E-state index is 0.189. The van der Waals surface area contributed by atoms with Gasteiger partial charge in [-0.05, 0) is 106 Å². The molecule has 7 heteroatoms. The zero-order chi connectivity index (χ0) is 35.1. The standard InChI is InChI=1S/C45H51N6O/c1-28-4-8-41-37(20-28)35-10-15-46-24-39-36(14-19-50(41)44(35)39)45(52)31-11-16-48(17-12-31)27-49-18-13-32-22-34(33-7-6-30(3)47-23-33)25-51-42-9-5-29(2)21-38(42)40(26-49)43(32)51/h4-9,11-12,16-17,20-21,23,32,34,36,39,45-46,52H,10,13-15,18-19,22,24-27H2,1-3H3/q+1. The molecule has 5 atom stereocenters. The largest absolute Gasteiger partial charge is 0.388 e. The number of aliphatic hydroxyl groups excluding tert-OH is 1. The van der Waals surface area contributed by atoms with Gasteiger partial charge in [0.25, 0.3) is 0 Å². The summed E-state index contributed by atoms with van der Waals surface area (Å²) in [4.78, 5) is 7.31. The second kappa shape index (κ2) is 12.7. The summed E-state index contributed by atoms with van der Waals surface area (Å²) in [7, 11) is 0. The first-order valence-corrected chi connectivity index (χ1v) is 19.7. The Morgan fingerprint density at radius 2 is 1.62 bits per heavy atom. The van der Waals surface area contributed by atoms with Crippen molar-refractivity contribution in [3.8, 4) is 0 Å². The van der Waals surface area contributed by atoms with E-state index < -0.39 is 6.10 Å². The fourth-order valence-corrected chi connectivity index (χ4v) is 10.6. The molecule has 0 bridgehead atoms. The van der Waals surface area contributed by atoms with Crippen LogP contribution in [-0.2, 0) is 32.7 Å². The molecule has 4 aliphatic rings. The normalized spacial score (nSPS) is 23.6. The topological polar surface area (TPSA) is 62.1 Å². The van der Waals surface area contributed by atoms with Crippen LogP contribution in [0.1, 0.15) is 93.6 Å². The van der Waals surface area contributed by atoms with E-state index >= 15 is 0 Å². The Hall–Kier alpha value is -4.30. The third kappa shape index (κ3) is 5.35. The van der Waals surface area contributed by atoms with E-state index in [0.29, 0.717) is 17.8 Å². The number of aryl methyl sites for hydroxylation is 4. The number of nitrogens with one attached hydrogen (secondary N) is 1. The van der Waals surface area contributed by atoms with Crippen LogP contribution in [0, 0.1) is 26.7 Å². The van der Waals surface area contributed by atoms with E-state index in [9.17, 15) is 5.11 Å². The van der Waals surface area contributed by atoms with Gasteiger partial charge in [0.2, 0.25) is 6.67 Å². The molecule has 0 aliphatic carbocycles. The molecule has 0 amide bonds. The first-order valence-electron chi connectivity index (χ1n) is 19.7. The van der Waals surface area contributed by atoms with Crippen molar-refractivity contribution in [3.63, 3.8) is 0 Å². The van der Waals surface area contributed by atoms with Gasteiger partial charge in [-0.2, -0.15) is 4.57 Å². The summed E-state index contributed by atoms with van der Waals surface area (Å²) in [6.07, 6.45) is 10.4. The molecular weight excluding hydrogens is 641 g/mol. The second-order valence-corrected chi connectivity index (χ2v) is 16.5. The molecule has 0 fully saturated rings. The second-order valence-electron chi connectivity index (χ2n) is 16.5. The van der Waals surface area contributed by atoms with E-state index in [1.165, 1.54) is 61.7 Å². The van der Waals surface area contributed by atoms with Crippen LogP contribution in [0.5, 0.6) is 0 Å². The van der Waals surface area contributed by atoms with Gasteiger partial charge >= 0.3 is 0 Å². The quantitative estimate of drug-likeness (QED) is 0.186. The third-order valence-corrected chi connectivity index (χ3v) is 13.2. The van der Waals surface area contributed by atoms with Crippen LogP contribution in [-0.4, -0.2) is 43.8 Å². The van der Waals surface area contributed by atoms with Gasteiger partial charge in [-0.3, -0.25) is 4.98 Å². The van der Waals surface area contributed by atoms with Crippen molar-refractivity contribution in [1.29, 1.82) is 0 Å². The number of pyridine rings is 2. The van der Waals surface area contributed by atoms with Gasteiger partial charge in [0, 0.05) is 114 Å². The van der Waals surface area contributed by atoms with Crippen molar-refractivity contribution < 1.29 is 9.67 Å². The predicted octanol–water partition coefficient (Wildman–Crippen LogP) is 7.32. The molecule has 0 spiro atoms. The maximum Gasteiger partial charge on any atom is 0.204 e. The van der Waals surface area contributed by atoms with E-state index in [2.05, 4.69) is 129 Å². The molecule has 266 valence electrons. The van der Waals surface area contributed by atoms with Crippen molar-refractivity contribution >= 4 is 21.8 Å². The molecule has 52 heavy (non-hydrogen) atoms. The SMILES string of the molecule is Cc1ccc2c(c1)c1c3n2CC(c2ccc(C)nc2)CC3CCN(C[n+]2ccc(C(O)C3CCn4c5c(c6cc(C)ccc64)CCNCC53)cc2)C1. The highest BCUT2D eigenvalue weighted by Crippen LogP contribution is 2.47. The number of aromatic nitrogens is 4. The molecule has 7 nitrogen and oxygen atoms in total. The summed E-state index contributed by atoms with van der Waals surface area (Å²) < 4.78 is 7.54. The molecule has 10 rings (SSSR count). The summed E-state index contributed by atoms with van der Waals surface area (Å²) in [6.45, 7) is 13.3. The number of aliphatic hydroxyl groups is 1. The van der Waals surface area contributed by atoms with Gasteiger partial charge in [-0.1, -0.05) is 29.3 Å². The van der Waals surface area contributed by atoms with Crippen LogP contribution in [0.3, 0.4) is 0 Å². The molecular formula is C45H51N6O+. The third-order valence-electron chi connectivity index (χ3n) is 13.2. The van der Waals surface area contributed by atoms with Crippen LogP contribution in [0.4, 0.5) is 0 Å². The monoisotopic (exact) mass is 691 g/mol. The molecule has 6 aromatic rings. The number of hydrogen-bond donors (Lipinski definition) is 2. The minimum atomic E-state index is -0.491. The molecule has 2 aromatic carbocycles. The molecule has 8 heterocycles. The van der Waals surface area contributed by atoms with Crippen LogP contribution in [0.25, 0.3) is 21.8 Å². The average Bonchev–Trinajstić information content (AvgIpc) is 3.41. The first kappa shape index (κ1) is 32.4. The lowest BCUT2D eigenvalue weighted by Crippen LogP contribution is -2.43. The molecule has 4 aromatic heterocycles. The Balaban J connectivity index is 0.900. The van der Waals surface area contributed by atoms with Gasteiger partial charge in [-0.25, -0.2) is 4.90 Å². The molecule has 0 radical (unpaired) electrons. The summed E-state index contributed by atoms with van der Waals surface area (Å²) in [5.74, 6) is 1.50. The summed E-state index contributed by atoms with van der Waals surface area (Å²) in [5.41, 5.74) is 14.9. The van der Waals surface area contributed by atoms with E-state index in [1.807, 2.05) is 0 Å². The van der Waals surface area contributed by atoms with Crippen molar-refractivity contribution in [1.82, 2.24) is 24.3 Å². The fourth-order valence-electron chi connectivity index (χ4n) is 10.6. The maximum absolute atomic E-state index is 12.0. The summed E-state index contributed by atoms with van der Waals surface area (Å²) in [6, 6.07) is 22.8. The number of nitrogens with zero attached hydrogens (tertiary/aromatic N) is 5. The smallest absolute Gasteiger partial charge is 0.204 e. The lowest BCUT2D eigenvalue weighted by Gasteiger charge is -2.36. The van der Waals surface area contributed by atoms with Crippen LogP contribution < -0.4 is 9.88 Å². The average molecular weight is 692 g/mol. The van der Waals surface area contributed by atoms with E-state index in [0.717, 1.165) is 76.5 Å². The maximum atomic E-state index is 12.0. The highest BCUT2D eigenvalue weighted by atomic mass is 16.3. The zero-order valence-electron chi connectivity index (χ0n) is 30.9. The van der Waals surface area contributed by atoms with Crippen molar-refractivity contribution in [2.45, 2.75) is 96.6 Å². The number of rotatable bonds is 5. The molecule has 2 N–H and O–H groups in total. The minimum Gasteiger partial charge on any atom is -0.388 e. The number of hydrogen-bond acceptors (Lipinski definition) is 4. The predicted molar refractivity (Wildman–Crippen MR) is 206 cm³/mol. The lowest BCUT2D eigenvalue weighted by atomic mass is 9.77. The Kier molecular flexibility index (Phi) is 7.89. The summed E-state index contributed by atoms with van der Waals surface area (Å²) >= 11 is 0. The number of benzene rings is 2. The Morgan fingerprint density at radius 3 is 2.38 bits per heavy atom. The van der Waals surface area contributed by atoms with E-state index in [1.54, 1.807) is 5.69 Å². The molecule has 0 saturated heterocycles. The Bertz CT molecular complexity index is 2300. The lowest BCUT2D eigenvalue weighted by molar-refractivity contribution is -0.716. The Morgan fingerprint density at radius 1 is 0.846 bits per heavy atom. The van der Waals surface area contributed by atoms with E-state index in [-0.39, 0.29) is 5.92 Å². The van der Waals surface area contributed by atoms with Gasteiger partial charge < -0.3 is 19.6 Å². The van der Waals surface area contributed by atoms with Gasteiger partial charge in [0.1, 0.15) is 0 Å². The van der Waals surface area contributed by atoms with Crippen molar-refractivity contribution in [2.24, 2.45) is 5.92 Å². The van der Waals surface area contributed by atoms with Gasteiger partial charge in [0.05, 0.1) is 6.10 Å². The Labute approximate surface area is 306 Å². The highest BCUT2D eigenvalue weighted by Gasteiger charge is 2.40. The zero-order valence-corrected chi connectivity index (χ0v) is 30.9. The van der Waals surface area contributed by atoms with Crippen LogP contribution >= 0.6 is 0 Å². The fraction of sp³-hybridized carbons (Fsp3) is 0.422. The van der Waals surface area contributed by atoms with Crippen molar-refractivity contribution in [2.75, 3.05) is 19.6 Å². The van der Waals surface area contributed by atoms with Gasteiger partial charge in [-0.15, -0.1) is 0 Å². The van der Waals surface area contributed by atoms with Crippen LogP contribution in [0.15, 0.2) is 79.3 Å². The van der Waals surface area contributed by atoms with Gasteiger partial charge in [0.15, 0.2) is 12.4 Å².